The Morgan fingerprint density at radius 2 is 2.24 bits per heavy atom. The monoisotopic (exact) mass is 257 g/mol. The van der Waals surface area contributed by atoms with Gasteiger partial charge in [0.2, 0.25) is 0 Å². The zero-order valence-electron chi connectivity index (χ0n) is 9.74. The van der Waals surface area contributed by atoms with Gasteiger partial charge in [-0.05, 0) is 30.5 Å². The fourth-order valence-electron chi connectivity index (χ4n) is 2.03. The molecule has 0 unspecified atom stereocenters. The zero-order valence-corrected chi connectivity index (χ0v) is 10.6. The van der Waals surface area contributed by atoms with Gasteiger partial charge < -0.3 is 5.32 Å². The molecule has 0 saturated carbocycles. The summed E-state index contributed by atoms with van der Waals surface area (Å²) in [6.07, 6.45) is 0.669. The lowest BCUT2D eigenvalue weighted by Gasteiger charge is -2.11. The van der Waals surface area contributed by atoms with Crippen molar-refractivity contribution in [3.8, 4) is 0 Å². The maximum atomic E-state index is 13.0. The number of hydrogen-bond acceptors (Lipinski definition) is 3. The predicted molar refractivity (Wildman–Crippen MR) is 65.0 cm³/mol. The van der Waals surface area contributed by atoms with Crippen LogP contribution in [-0.2, 0) is 16.4 Å². The van der Waals surface area contributed by atoms with E-state index in [4.69, 9.17) is 0 Å². The van der Waals surface area contributed by atoms with E-state index >= 15 is 0 Å². The minimum absolute atomic E-state index is 0.0327. The van der Waals surface area contributed by atoms with Crippen LogP contribution >= 0.6 is 0 Å². The van der Waals surface area contributed by atoms with Gasteiger partial charge in [-0.3, -0.25) is 0 Å². The second-order valence-corrected chi connectivity index (χ2v) is 6.79. The molecule has 0 radical (unpaired) electrons. The van der Waals surface area contributed by atoms with Crippen molar-refractivity contribution in [2.75, 3.05) is 11.5 Å². The summed E-state index contributed by atoms with van der Waals surface area (Å²) in [5.74, 6) is 0.275. The van der Waals surface area contributed by atoms with Crippen LogP contribution in [0.1, 0.15) is 17.5 Å². The highest BCUT2D eigenvalue weighted by Crippen LogP contribution is 2.13. The van der Waals surface area contributed by atoms with E-state index in [-0.39, 0.29) is 23.4 Å². The van der Waals surface area contributed by atoms with Crippen LogP contribution in [0.5, 0.6) is 0 Å². The fraction of sp³-hybridized carbons (Fsp3) is 0.500. The molecule has 1 aliphatic rings. The lowest BCUT2D eigenvalue weighted by Crippen LogP contribution is -2.29. The molecule has 1 fully saturated rings. The zero-order chi connectivity index (χ0) is 12.5. The van der Waals surface area contributed by atoms with E-state index in [9.17, 15) is 12.8 Å². The van der Waals surface area contributed by atoms with Crippen LogP contribution in [0.15, 0.2) is 18.2 Å². The van der Waals surface area contributed by atoms with Crippen molar-refractivity contribution >= 4 is 9.84 Å². The highest BCUT2D eigenvalue weighted by molar-refractivity contribution is 7.91. The van der Waals surface area contributed by atoms with Gasteiger partial charge in [0.1, 0.15) is 5.82 Å². The van der Waals surface area contributed by atoms with Crippen LogP contribution in [0.4, 0.5) is 4.39 Å². The van der Waals surface area contributed by atoms with Crippen molar-refractivity contribution in [3.63, 3.8) is 0 Å². The number of aryl methyl sites for hydroxylation is 1. The van der Waals surface area contributed by atoms with Crippen molar-refractivity contribution in [2.45, 2.75) is 25.9 Å². The number of hydrogen-bond donors (Lipinski definition) is 1. The molecule has 94 valence electrons. The fourth-order valence-corrected chi connectivity index (χ4v) is 3.74. The summed E-state index contributed by atoms with van der Waals surface area (Å²) in [4.78, 5) is 0. The van der Waals surface area contributed by atoms with E-state index in [0.29, 0.717) is 18.5 Å². The Balaban J connectivity index is 1.92. The molecular weight excluding hydrogens is 241 g/mol. The number of rotatable bonds is 3. The van der Waals surface area contributed by atoms with Gasteiger partial charge in [0.15, 0.2) is 9.84 Å². The molecule has 0 aliphatic carbocycles. The SMILES string of the molecule is Cc1cc(CN[C@H]2CCS(=O)(=O)C2)ccc1F. The quantitative estimate of drug-likeness (QED) is 0.890. The van der Waals surface area contributed by atoms with E-state index in [1.165, 1.54) is 6.07 Å². The molecule has 1 aromatic rings. The molecule has 1 atom stereocenters. The summed E-state index contributed by atoms with van der Waals surface area (Å²) in [5, 5.41) is 3.20. The lowest BCUT2D eigenvalue weighted by molar-refractivity contribution is 0.552. The average molecular weight is 257 g/mol. The van der Waals surface area contributed by atoms with Gasteiger partial charge in [0.25, 0.3) is 0 Å². The predicted octanol–water partition coefficient (Wildman–Crippen LogP) is 1.41. The van der Waals surface area contributed by atoms with Crippen LogP contribution < -0.4 is 5.32 Å². The molecule has 1 aliphatic heterocycles. The molecular formula is C12H16FNO2S. The third kappa shape index (κ3) is 3.26. The van der Waals surface area contributed by atoms with E-state index < -0.39 is 9.84 Å². The summed E-state index contributed by atoms with van der Waals surface area (Å²) in [6.45, 7) is 2.31. The summed E-state index contributed by atoms with van der Waals surface area (Å²) >= 11 is 0. The summed E-state index contributed by atoms with van der Waals surface area (Å²) in [6, 6.07) is 4.98. The van der Waals surface area contributed by atoms with Crippen LogP contribution in [-0.4, -0.2) is 26.0 Å². The molecule has 2 rings (SSSR count). The Labute approximate surface area is 101 Å². The largest absolute Gasteiger partial charge is 0.309 e. The van der Waals surface area contributed by atoms with E-state index in [2.05, 4.69) is 5.32 Å². The highest BCUT2D eigenvalue weighted by atomic mass is 32.2. The minimum Gasteiger partial charge on any atom is -0.309 e. The van der Waals surface area contributed by atoms with E-state index in [1.807, 2.05) is 0 Å². The third-order valence-corrected chi connectivity index (χ3v) is 4.82. The van der Waals surface area contributed by atoms with Crippen molar-refractivity contribution in [2.24, 2.45) is 0 Å². The van der Waals surface area contributed by atoms with Gasteiger partial charge in [-0.1, -0.05) is 12.1 Å². The van der Waals surface area contributed by atoms with Crippen LogP contribution in [0.25, 0.3) is 0 Å². The van der Waals surface area contributed by atoms with Gasteiger partial charge in [0, 0.05) is 12.6 Å². The number of halogens is 1. The van der Waals surface area contributed by atoms with Crippen LogP contribution in [0, 0.1) is 12.7 Å². The molecule has 5 heteroatoms. The maximum absolute atomic E-state index is 13.0. The summed E-state index contributed by atoms with van der Waals surface area (Å²) < 4.78 is 35.6. The van der Waals surface area contributed by atoms with E-state index in [0.717, 1.165) is 5.56 Å². The minimum atomic E-state index is -2.84. The molecule has 1 aromatic carbocycles. The maximum Gasteiger partial charge on any atom is 0.151 e. The summed E-state index contributed by atoms with van der Waals surface area (Å²) in [5.41, 5.74) is 1.59. The molecule has 0 bridgehead atoms. The topological polar surface area (TPSA) is 46.2 Å². The Morgan fingerprint density at radius 1 is 1.47 bits per heavy atom. The number of sulfone groups is 1. The molecule has 1 heterocycles. The average Bonchev–Trinajstić information content (AvgIpc) is 2.60. The molecule has 3 nitrogen and oxygen atoms in total. The van der Waals surface area contributed by atoms with Crippen LogP contribution in [0.3, 0.4) is 0 Å². The molecule has 1 N–H and O–H groups in total. The molecule has 0 spiro atoms. The van der Waals surface area contributed by atoms with Crippen LogP contribution in [0.2, 0.25) is 0 Å². The van der Waals surface area contributed by atoms with Crippen molar-refractivity contribution in [1.82, 2.24) is 5.32 Å². The second kappa shape index (κ2) is 4.74. The Morgan fingerprint density at radius 3 is 2.82 bits per heavy atom. The standard InChI is InChI=1S/C12H16FNO2S/c1-9-6-10(2-3-12(9)13)7-14-11-4-5-17(15,16)8-11/h2-3,6,11,14H,4-5,7-8H2,1H3/t11-/m0/s1. The van der Waals surface area contributed by atoms with Gasteiger partial charge in [-0.25, -0.2) is 12.8 Å². The highest BCUT2D eigenvalue weighted by Gasteiger charge is 2.27. The van der Waals surface area contributed by atoms with E-state index in [1.54, 1.807) is 19.1 Å². The first-order valence-electron chi connectivity index (χ1n) is 5.65. The Kier molecular flexibility index (Phi) is 3.49. The Bertz CT molecular complexity index is 513. The summed E-state index contributed by atoms with van der Waals surface area (Å²) in [7, 11) is -2.84. The van der Waals surface area contributed by atoms with Crippen molar-refractivity contribution < 1.29 is 12.8 Å². The molecule has 0 aromatic heterocycles. The first kappa shape index (κ1) is 12.5. The van der Waals surface area contributed by atoms with Gasteiger partial charge in [-0.2, -0.15) is 0 Å². The third-order valence-electron chi connectivity index (χ3n) is 3.05. The smallest absolute Gasteiger partial charge is 0.151 e. The van der Waals surface area contributed by atoms with Crippen molar-refractivity contribution in [1.29, 1.82) is 0 Å². The van der Waals surface area contributed by atoms with Gasteiger partial charge in [-0.15, -0.1) is 0 Å². The molecule has 17 heavy (non-hydrogen) atoms. The van der Waals surface area contributed by atoms with Gasteiger partial charge >= 0.3 is 0 Å². The number of benzene rings is 1. The normalized spacial score (nSPS) is 22.8. The first-order valence-corrected chi connectivity index (χ1v) is 7.47. The second-order valence-electron chi connectivity index (χ2n) is 4.56. The Hall–Kier alpha value is -0.940. The lowest BCUT2D eigenvalue weighted by atomic mass is 10.1. The molecule has 0 amide bonds. The first-order chi connectivity index (χ1) is 7.96. The van der Waals surface area contributed by atoms with Crippen molar-refractivity contribution in [3.05, 3.63) is 35.1 Å². The molecule has 1 saturated heterocycles. The van der Waals surface area contributed by atoms with Gasteiger partial charge in [0.05, 0.1) is 11.5 Å². The number of nitrogens with one attached hydrogen (secondary N) is 1.